The topological polar surface area (TPSA) is 78.0 Å². The summed E-state index contributed by atoms with van der Waals surface area (Å²) in [6, 6.07) is 1.51. The van der Waals surface area contributed by atoms with E-state index in [1.807, 2.05) is 0 Å². The summed E-state index contributed by atoms with van der Waals surface area (Å²) in [6.07, 6.45) is -0.485. The molecule has 2 aromatic rings. The van der Waals surface area contributed by atoms with E-state index in [4.69, 9.17) is 14.2 Å². The number of carbonyl (C=O) groups excluding carboxylic acids is 2. The lowest BCUT2D eigenvalue weighted by atomic mass is 9.85. The van der Waals surface area contributed by atoms with E-state index in [9.17, 15) is 18.4 Å². The van der Waals surface area contributed by atoms with Crippen molar-refractivity contribution in [2.45, 2.75) is 58.3 Å². The van der Waals surface area contributed by atoms with Gasteiger partial charge in [-0.3, -0.25) is 4.79 Å². The Kier molecular flexibility index (Phi) is 6.07. The Morgan fingerprint density at radius 1 is 1.13 bits per heavy atom. The molecule has 0 N–H and O–H groups in total. The third kappa shape index (κ3) is 4.55. The standard InChI is InChI=1S/C22H26F2N2O5/c1-11(27)30-17-8-7-16(26(5)21(28)31-22(2,3)4)18-12-9-14(23)15(24)10-13(12)20(29-6)25-19(17)18/h9-10,16-17H,7-8H2,1-6H3. The maximum Gasteiger partial charge on any atom is 0.410 e. The third-order valence-corrected chi connectivity index (χ3v) is 5.07. The zero-order valence-corrected chi connectivity index (χ0v) is 18.4. The number of hydrogen-bond donors (Lipinski definition) is 0. The summed E-state index contributed by atoms with van der Waals surface area (Å²) in [7, 11) is 2.94. The van der Waals surface area contributed by atoms with E-state index < -0.39 is 41.4 Å². The lowest BCUT2D eigenvalue weighted by molar-refractivity contribution is -0.148. The van der Waals surface area contributed by atoms with Crippen LogP contribution < -0.4 is 4.74 Å². The van der Waals surface area contributed by atoms with Gasteiger partial charge >= 0.3 is 12.1 Å². The summed E-state index contributed by atoms with van der Waals surface area (Å²) in [6.45, 7) is 6.55. The van der Waals surface area contributed by atoms with E-state index in [-0.39, 0.29) is 11.3 Å². The molecular formula is C22H26F2N2O5. The SMILES string of the molecule is COc1nc2c(c3cc(F)c(F)cc13)C(N(C)C(=O)OC(C)(C)C)CCC2OC(C)=O. The third-order valence-electron chi connectivity index (χ3n) is 5.07. The number of esters is 1. The van der Waals surface area contributed by atoms with Gasteiger partial charge in [0.1, 0.15) is 11.7 Å². The van der Waals surface area contributed by atoms with Crippen LogP contribution in [0.5, 0.6) is 5.88 Å². The van der Waals surface area contributed by atoms with Gasteiger partial charge in [-0.15, -0.1) is 0 Å². The summed E-state index contributed by atoms with van der Waals surface area (Å²) in [5, 5.41) is 0.587. The molecule has 168 valence electrons. The Morgan fingerprint density at radius 2 is 1.74 bits per heavy atom. The maximum absolute atomic E-state index is 14.2. The van der Waals surface area contributed by atoms with Crippen LogP contribution in [0.1, 0.15) is 63.9 Å². The predicted octanol–water partition coefficient (Wildman–Crippen LogP) is 4.83. The highest BCUT2D eigenvalue weighted by molar-refractivity contribution is 5.91. The minimum Gasteiger partial charge on any atom is -0.481 e. The molecule has 0 bridgehead atoms. The number of hydrogen-bond acceptors (Lipinski definition) is 6. The van der Waals surface area contributed by atoms with Gasteiger partial charge in [-0.2, -0.15) is 0 Å². The van der Waals surface area contributed by atoms with Crippen molar-refractivity contribution in [2.75, 3.05) is 14.2 Å². The molecule has 0 saturated heterocycles. The van der Waals surface area contributed by atoms with Crippen LogP contribution in [0.3, 0.4) is 0 Å². The van der Waals surface area contributed by atoms with Crippen molar-refractivity contribution in [3.63, 3.8) is 0 Å². The number of benzene rings is 1. The first kappa shape index (κ1) is 22.7. The largest absolute Gasteiger partial charge is 0.481 e. The molecule has 1 aromatic carbocycles. The lowest BCUT2D eigenvalue weighted by Gasteiger charge is -2.37. The second-order valence-electron chi connectivity index (χ2n) is 8.51. The molecule has 1 heterocycles. The molecule has 0 aliphatic heterocycles. The van der Waals surface area contributed by atoms with Crippen molar-refractivity contribution in [3.05, 3.63) is 35.0 Å². The molecule has 0 saturated carbocycles. The van der Waals surface area contributed by atoms with Crippen LogP contribution in [0.15, 0.2) is 12.1 Å². The van der Waals surface area contributed by atoms with Crippen LogP contribution >= 0.6 is 0 Å². The van der Waals surface area contributed by atoms with Gasteiger partial charge in [0.15, 0.2) is 11.6 Å². The van der Waals surface area contributed by atoms with Crippen LogP contribution in [-0.2, 0) is 14.3 Å². The fourth-order valence-corrected chi connectivity index (χ4v) is 3.82. The number of ether oxygens (including phenoxy) is 3. The zero-order chi connectivity index (χ0) is 23.1. The Labute approximate surface area is 179 Å². The Hall–Kier alpha value is -2.97. The second kappa shape index (κ2) is 8.28. The monoisotopic (exact) mass is 436 g/mol. The van der Waals surface area contributed by atoms with Crippen molar-refractivity contribution in [1.82, 2.24) is 9.88 Å². The molecule has 3 rings (SSSR count). The van der Waals surface area contributed by atoms with Crippen LogP contribution in [0.2, 0.25) is 0 Å². The van der Waals surface area contributed by atoms with Gasteiger partial charge in [-0.1, -0.05) is 0 Å². The Balaban J connectivity index is 2.23. The molecular weight excluding hydrogens is 410 g/mol. The van der Waals surface area contributed by atoms with Gasteiger partial charge < -0.3 is 19.1 Å². The lowest BCUT2D eigenvalue weighted by Crippen LogP contribution is -2.38. The van der Waals surface area contributed by atoms with Gasteiger partial charge in [0.25, 0.3) is 0 Å². The van der Waals surface area contributed by atoms with Crippen molar-refractivity contribution in [3.8, 4) is 5.88 Å². The Morgan fingerprint density at radius 3 is 2.29 bits per heavy atom. The number of pyridine rings is 1. The number of aromatic nitrogens is 1. The van der Waals surface area contributed by atoms with Gasteiger partial charge in [-0.05, 0) is 51.1 Å². The van der Waals surface area contributed by atoms with Crippen LogP contribution in [0.4, 0.5) is 13.6 Å². The molecule has 2 atom stereocenters. The molecule has 31 heavy (non-hydrogen) atoms. The smallest absolute Gasteiger partial charge is 0.410 e. The van der Waals surface area contributed by atoms with Crippen molar-refractivity contribution in [1.29, 1.82) is 0 Å². The number of rotatable bonds is 3. The predicted molar refractivity (Wildman–Crippen MR) is 109 cm³/mol. The summed E-state index contributed by atoms with van der Waals surface area (Å²) in [5.41, 5.74) is 0.108. The average Bonchev–Trinajstić information content (AvgIpc) is 2.66. The maximum atomic E-state index is 14.2. The van der Waals surface area contributed by atoms with E-state index in [2.05, 4.69) is 4.98 Å². The number of nitrogens with zero attached hydrogens (tertiary/aromatic N) is 2. The van der Waals surface area contributed by atoms with E-state index in [1.165, 1.54) is 18.9 Å². The summed E-state index contributed by atoms with van der Waals surface area (Å²) < 4.78 is 44.5. The molecule has 1 amide bonds. The number of methoxy groups -OCH3 is 1. The van der Waals surface area contributed by atoms with E-state index in [1.54, 1.807) is 27.8 Å². The average molecular weight is 436 g/mol. The van der Waals surface area contributed by atoms with Gasteiger partial charge in [0.2, 0.25) is 5.88 Å². The van der Waals surface area contributed by atoms with Crippen molar-refractivity contribution < 1.29 is 32.6 Å². The fourth-order valence-electron chi connectivity index (χ4n) is 3.82. The molecule has 0 spiro atoms. The molecule has 0 radical (unpaired) electrons. The summed E-state index contributed by atoms with van der Waals surface area (Å²) in [5.74, 6) is -2.51. The van der Waals surface area contributed by atoms with Gasteiger partial charge in [0.05, 0.1) is 18.8 Å². The number of carbonyl (C=O) groups is 2. The fraction of sp³-hybridized carbons (Fsp3) is 0.500. The van der Waals surface area contributed by atoms with E-state index >= 15 is 0 Å². The molecule has 9 heteroatoms. The Bertz CT molecular complexity index is 1030. The first-order chi connectivity index (χ1) is 14.4. The minimum absolute atomic E-state index is 0.0744. The molecule has 1 aliphatic rings. The zero-order valence-electron chi connectivity index (χ0n) is 18.4. The first-order valence-electron chi connectivity index (χ1n) is 9.92. The van der Waals surface area contributed by atoms with Gasteiger partial charge in [-0.25, -0.2) is 18.6 Å². The molecule has 7 nitrogen and oxygen atoms in total. The molecule has 1 aromatic heterocycles. The number of amides is 1. The quantitative estimate of drug-likeness (QED) is 0.642. The van der Waals surface area contributed by atoms with Crippen LogP contribution in [0, 0.1) is 11.6 Å². The minimum atomic E-state index is -1.05. The number of fused-ring (bicyclic) bond motifs is 3. The summed E-state index contributed by atoms with van der Waals surface area (Å²) in [4.78, 5) is 30.3. The number of halogens is 2. The van der Waals surface area contributed by atoms with Crippen LogP contribution in [0.25, 0.3) is 10.8 Å². The molecule has 2 unspecified atom stereocenters. The first-order valence-corrected chi connectivity index (χ1v) is 9.92. The molecule has 1 aliphatic carbocycles. The van der Waals surface area contributed by atoms with Crippen molar-refractivity contribution in [2.24, 2.45) is 0 Å². The highest BCUT2D eigenvalue weighted by Gasteiger charge is 2.38. The normalized spacial score (nSPS) is 18.3. The highest BCUT2D eigenvalue weighted by Crippen LogP contribution is 2.45. The van der Waals surface area contributed by atoms with E-state index in [0.29, 0.717) is 29.5 Å². The molecule has 0 fully saturated rings. The second-order valence-corrected chi connectivity index (χ2v) is 8.51. The van der Waals surface area contributed by atoms with Crippen molar-refractivity contribution >= 4 is 22.8 Å². The van der Waals surface area contributed by atoms with Crippen LogP contribution in [-0.4, -0.2) is 41.7 Å². The highest BCUT2D eigenvalue weighted by atomic mass is 19.2. The van der Waals surface area contributed by atoms with Gasteiger partial charge in [0, 0.05) is 24.9 Å². The van der Waals surface area contributed by atoms with E-state index in [0.717, 1.165) is 12.1 Å². The summed E-state index contributed by atoms with van der Waals surface area (Å²) >= 11 is 0.